The predicted molar refractivity (Wildman–Crippen MR) is 86.7 cm³/mol. The van der Waals surface area contributed by atoms with Gasteiger partial charge in [-0.1, -0.05) is 23.7 Å². The first-order chi connectivity index (χ1) is 10.5. The summed E-state index contributed by atoms with van der Waals surface area (Å²) in [6.45, 7) is 2.73. The third-order valence-corrected chi connectivity index (χ3v) is 4.38. The molecule has 2 heterocycles. The molecule has 3 rings (SSSR count). The van der Waals surface area contributed by atoms with Crippen LogP contribution in [0.15, 0.2) is 30.3 Å². The molecule has 1 aromatic heterocycles. The number of aromatic nitrogens is 2. The summed E-state index contributed by atoms with van der Waals surface area (Å²) >= 11 is 5.88. The van der Waals surface area contributed by atoms with Gasteiger partial charge in [0.2, 0.25) is 0 Å². The van der Waals surface area contributed by atoms with E-state index in [1.54, 1.807) is 18.2 Å². The van der Waals surface area contributed by atoms with E-state index >= 15 is 0 Å². The second-order valence-corrected chi connectivity index (χ2v) is 6.24. The second kappa shape index (κ2) is 6.10. The number of hydrogen-bond donors (Lipinski definition) is 2. The lowest BCUT2D eigenvalue weighted by Gasteiger charge is -2.36. The van der Waals surface area contributed by atoms with Crippen molar-refractivity contribution in [3.63, 3.8) is 0 Å². The van der Waals surface area contributed by atoms with Gasteiger partial charge in [0.1, 0.15) is 5.69 Å². The molecule has 0 radical (unpaired) electrons. The molecule has 1 aromatic carbocycles. The standard InChI is InChI=1S/C16H19ClN4O/c1-10-8-13(18)6-7-21(10)16(22)15-9-14(19-20-15)11-2-4-12(17)5-3-11/h2-5,9-10,13H,6-8,18H2,1H3,(H,19,20)/t10-,13+/m1/s1. The fourth-order valence-electron chi connectivity index (χ4n) is 2.86. The molecule has 116 valence electrons. The Balaban J connectivity index is 1.78. The van der Waals surface area contributed by atoms with Crippen LogP contribution in [0.1, 0.15) is 30.3 Å². The van der Waals surface area contributed by atoms with Gasteiger partial charge in [0.15, 0.2) is 0 Å². The van der Waals surface area contributed by atoms with Crippen LogP contribution >= 0.6 is 11.6 Å². The molecular formula is C16H19ClN4O. The average Bonchev–Trinajstić information content (AvgIpc) is 2.97. The number of aromatic amines is 1. The van der Waals surface area contributed by atoms with Crippen molar-refractivity contribution in [1.82, 2.24) is 15.1 Å². The number of rotatable bonds is 2. The maximum atomic E-state index is 12.6. The smallest absolute Gasteiger partial charge is 0.272 e. The molecule has 0 aliphatic carbocycles. The average molecular weight is 319 g/mol. The number of halogens is 1. The number of nitrogens with two attached hydrogens (primary N) is 1. The fraction of sp³-hybridized carbons (Fsp3) is 0.375. The highest BCUT2D eigenvalue weighted by Crippen LogP contribution is 2.22. The van der Waals surface area contributed by atoms with Gasteiger partial charge >= 0.3 is 0 Å². The van der Waals surface area contributed by atoms with Crippen LogP contribution in [0.25, 0.3) is 11.3 Å². The number of hydrogen-bond acceptors (Lipinski definition) is 3. The number of nitrogens with one attached hydrogen (secondary N) is 1. The Hall–Kier alpha value is -1.85. The van der Waals surface area contributed by atoms with Crippen LogP contribution < -0.4 is 5.73 Å². The monoisotopic (exact) mass is 318 g/mol. The van der Waals surface area contributed by atoms with E-state index in [1.165, 1.54) is 0 Å². The van der Waals surface area contributed by atoms with E-state index in [1.807, 2.05) is 24.0 Å². The van der Waals surface area contributed by atoms with Gasteiger partial charge in [-0.3, -0.25) is 9.89 Å². The van der Waals surface area contributed by atoms with Crippen molar-refractivity contribution in [3.8, 4) is 11.3 Å². The molecule has 3 N–H and O–H groups in total. The van der Waals surface area contributed by atoms with E-state index in [0.717, 1.165) is 24.1 Å². The predicted octanol–water partition coefficient (Wildman–Crippen LogP) is 2.68. The first-order valence-electron chi connectivity index (χ1n) is 7.42. The number of carbonyl (C=O) groups excluding carboxylic acids is 1. The molecular weight excluding hydrogens is 300 g/mol. The fourth-order valence-corrected chi connectivity index (χ4v) is 2.99. The summed E-state index contributed by atoms with van der Waals surface area (Å²) in [5, 5.41) is 7.75. The highest BCUT2D eigenvalue weighted by Gasteiger charge is 2.28. The van der Waals surface area contributed by atoms with E-state index in [0.29, 0.717) is 17.3 Å². The molecule has 1 fully saturated rings. The maximum Gasteiger partial charge on any atom is 0.272 e. The third kappa shape index (κ3) is 3.00. The van der Waals surface area contributed by atoms with Crippen molar-refractivity contribution in [2.24, 2.45) is 5.73 Å². The normalized spacial score (nSPS) is 21.9. The Kier molecular flexibility index (Phi) is 4.18. The number of carbonyl (C=O) groups is 1. The molecule has 2 atom stereocenters. The zero-order chi connectivity index (χ0) is 15.7. The maximum absolute atomic E-state index is 12.6. The van der Waals surface area contributed by atoms with Crippen LogP contribution in [0.5, 0.6) is 0 Å². The number of likely N-dealkylation sites (tertiary alicyclic amines) is 1. The van der Waals surface area contributed by atoms with Gasteiger partial charge in [-0.2, -0.15) is 5.10 Å². The largest absolute Gasteiger partial charge is 0.335 e. The van der Waals surface area contributed by atoms with Gasteiger partial charge < -0.3 is 10.6 Å². The van der Waals surface area contributed by atoms with Crippen molar-refractivity contribution >= 4 is 17.5 Å². The summed E-state index contributed by atoms with van der Waals surface area (Å²) < 4.78 is 0. The van der Waals surface area contributed by atoms with E-state index in [4.69, 9.17) is 17.3 Å². The Morgan fingerprint density at radius 2 is 2.14 bits per heavy atom. The quantitative estimate of drug-likeness (QED) is 0.894. The van der Waals surface area contributed by atoms with Gasteiger partial charge in [0.05, 0.1) is 5.69 Å². The van der Waals surface area contributed by atoms with Crippen molar-refractivity contribution < 1.29 is 4.79 Å². The molecule has 22 heavy (non-hydrogen) atoms. The zero-order valence-electron chi connectivity index (χ0n) is 12.4. The molecule has 6 heteroatoms. The van der Waals surface area contributed by atoms with Crippen LogP contribution in [0.3, 0.4) is 0 Å². The lowest BCUT2D eigenvalue weighted by molar-refractivity contribution is 0.0613. The van der Waals surface area contributed by atoms with Crippen LogP contribution in [0.4, 0.5) is 0 Å². The molecule has 0 spiro atoms. The Bertz CT molecular complexity index is 667. The minimum atomic E-state index is -0.0212. The van der Waals surface area contributed by atoms with Crippen LogP contribution in [0, 0.1) is 0 Å². The summed E-state index contributed by atoms with van der Waals surface area (Å²) in [4.78, 5) is 14.5. The van der Waals surface area contributed by atoms with E-state index in [-0.39, 0.29) is 18.0 Å². The lowest BCUT2D eigenvalue weighted by atomic mass is 9.99. The van der Waals surface area contributed by atoms with Gasteiger partial charge in [-0.05, 0) is 38.0 Å². The SMILES string of the molecule is C[C@@H]1C[C@@H](N)CCN1C(=O)c1cc(-c2ccc(Cl)cc2)n[nH]1. The summed E-state index contributed by atoms with van der Waals surface area (Å²) in [5.41, 5.74) is 8.12. The molecule has 0 unspecified atom stereocenters. The molecule has 0 bridgehead atoms. The Morgan fingerprint density at radius 3 is 2.82 bits per heavy atom. The summed E-state index contributed by atoms with van der Waals surface area (Å²) in [6.07, 6.45) is 1.68. The van der Waals surface area contributed by atoms with Crippen molar-refractivity contribution in [2.75, 3.05) is 6.54 Å². The Morgan fingerprint density at radius 1 is 1.41 bits per heavy atom. The molecule has 2 aromatic rings. The minimum Gasteiger partial charge on any atom is -0.335 e. The van der Waals surface area contributed by atoms with Crippen LogP contribution in [0.2, 0.25) is 5.02 Å². The van der Waals surface area contributed by atoms with Gasteiger partial charge in [-0.25, -0.2) is 0 Å². The Labute approximate surface area is 134 Å². The van der Waals surface area contributed by atoms with Crippen molar-refractivity contribution in [3.05, 3.63) is 41.0 Å². The molecule has 1 aliphatic heterocycles. The first kappa shape index (κ1) is 15.1. The number of piperidine rings is 1. The zero-order valence-corrected chi connectivity index (χ0v) is 13.2. The number of nitrogens with zero attached hydrogens (tertiary/aromatic N) is 2. The highest BCUT2D eigenvalue weighted by molar-refractivity contribution is 6.30. The highest BCUT2D eigenvalue weighted by atomic mass is 35.5. The number of H-pyrrole nitrogens is 1. The van der Waals surface area contributed by atoms with Crippen LogP contribution in [-0.4, -0.2) is 39.6 Å². The van der Waals surface area contributed by atoms with Gasteiger partial charge in [0.25, 0.3) is 5.91 Å². The number of amides is 1. The molecule has 1 aliphatic rings. The summed E-state index contributed by atoms with van der Waals surface area (Å²) in [5.74, 6) is -0.0212. The lowest BCUT2D eigenvalue weighted by Crippen LogP contribution is -2.48. The van der Waals surface area contributed by atoms with Gasteiger partial charge in [0, 0.05) is 29.2 Å². The minimum absolute atomic E-state index is 0.0212. The van der Waals surface area contributed by atoms with E-state index in [9.17, 15) is 4.79 Å². The molecule has 5 nitrogen and oxygen atoms in total. The van der Waals surface area contributed by atoms with Crippen molar-refractivity contribution in [1.29, 1.82) is 0 Å². The molecule has 1 amide bonds. The number of benzene rings is 1. The van der Waals surface area contributed by atoms with E-state index < -0.39 is 0 Å². The summed E-state index contributed by atoms with van der Waals surface area (Å²) in [6, 6.07) is 9.50. The third-order valence-electron chi connectivity index (χ3n) is 4.13. The summed E-state index contributed by atoms with van der Waals surface area (Å²) in [7, 11) is 0. The first-order valence-corrected chi connectivity index (χ1v) is 7.80. The topological polar surface area (TPSA) is 75.0 Å². The van der Waals surface area contributed by atoms with Crippen LogP contribution in [-0.2, 0) is 0 Å². The second-order valence-electron chi connectivity index (χ2n) is 5.81. The van der Waals surface area contributed by atoms with E-state index in [2.05, 4.69) is 10.2 Å². The molecule has 1 saturated heterocycles. The molecule has 0 saturated carbocycles. The van der Waals surface area contributed by atoms with Crippen molar-refractivity contribution in [2.45, 2.75) is 31.8 Å². The van der Waals surface area contributed by atoms with Gasteiger partial charge in [-0.15, -0.1) is 0 Å².